The molecule has 0 aliphatic carbocycles. The van der Waals surface area contributed by atoms with Crippen LogP contribution < -0.4 is 19.5 Å². The number of aromatic nitrogens is 3. The largest absolute Gasteiger partial charge is 0.497 e. The molecule has 3 aromatic rings. The van der Waals surface area contributed by atoms with E-state index in [1.807, 2.05) is 34.9 Å². The first-order valence-corrected chi connectivity index (χ1v) is 11.5. The Balaban J connectivity index is 1.74. The lowest BCUT2D eigenvalue weighted by molar-refractivity contribution is -0.116. The molecule has 0 aliphatic rings. The maximum atomic E-state index is 12.5. The van der Waals surface area contributed by atoms with Crippen LogP contribution in [0.5, 0.6) is 17.2 Å². The molecule has 3 rings (SSSR count). The molecule has 178 valence electrons. The van der Waals surface area contributed by atoms with Gasteiger partial charge in [0.05, 0.1) is 27.9 Å². The summed E-state index contributed by atoms with van der Waals surface area (Å²) < 4.78 is 17.6. The topological polar surface area (TPSA) is 87.5 Å². The van der Waals surface area contributed by atoms with Crippen molar-refractivity contribution in [2.75, 3.05) is 27.1 Å². The van der Waals surface area contributed by atoms with Gasteiger partial charge in [0, 0.05) is 22.5 Å². The fourth-order valence-corrected chi connectivity index (χ4v) is 3.88. The van der Waals surface area contributed by atoms with Gasteiger partial charge in [-0.25, -0.2) is 0 Å². The molecule has 0 spiro atoms. The zero-order valence-electron chi connectivity index (χ0n) is 19.1. The molecular formula is C24H25ClN4O4S. The molecule has 10 heteroatoms. The summed E-state index contributed by atoms with van der Waals surface area (Å²) in [6.07, 6.45) is 3.14. The molecule has 0 fully saturated rings. The predicted octanol–water partition coefficient (Wildman–Crippen LogP) is 4.47. The highest BCUT2D eigenvalue weighted by atomic mass is 35.5. The van der Waals surface area contributed by atoms with E-state index in [-0.39, 0.29) is 12.5 Å². The summed E-state index contributed by atoms with van der Waals surface area (Å²) in [6, 6.07) is 12.9. The van der Waals surface area contributed by atoms with Crippen molar-refractivity contribution in [2.24, 2.45) is 0 Å². The molecule has 1 amide bonds. The van der Waals surface area contributed by atoms with Crippen LogP contribution in [0.3, 0.4) is 0 Å². The van der Waals surface area contributed by atoms with Gasteiger partial charge in [0.2, 0.25) is 5.91 Å². The second-order valence-electron chi connectivity index (χ2n) is 6.90. The van der Waals surface area contributed by atoms with E-state index in [0.717, 1.165) is 17.0 Å². The van der Waals surface area contributed by atoms with Crippen LogP contribution in [0, 0.1) is 0 Å². The minimum Gasteiger partial charge on any atom is -0.497 e. The quantitative estimate of drug-likeness (QED) is 0.307. The number of methoxy groups -OCH3 is 3. The molecule has 8 nitrogen and oxygen atoms in total. The van der Waals surface area contributed by atoms with E-state index >= 15 is 0 Å². The van der Waals surface area contributed by atoms with Gasteiger partial charge in [0.15, 0.2) is 22.5 Å². The minimum atomic E-state index is -0.276. The van der Waals surface area contributed by atoms with Gasteiger partial charge in [-0.1, -0.05) is 36.0 Å². The first-order valence-electron chi connectivity index (χ1n) is 10.2. The Morgan fingerprint density at radius 1 is 1.09 bits per heavy atom. The maximum absolute atomic E-state index is 12.5. The van der Waals surface area contributed by atoms with Gasteiger partial charge in [0.25, 0.3) is 0 Å². The summed E-state index contributed by atoms with van der Waals surface area (Å²) in [5.41, 5.74) is 1.63. The summed E-state index contributed by atoms with van der Waals surface area (Å²) >= 11 is 7.33. The number of hydrogen-bond donors (Lipinski definition) is 1. The molecule has 2 aromatic carbocycles. The zero-order chi connectivity index (χ0) is 24.5. The lowest BCUT2D eigenvalue weighted by Crippen LogP contribution is -2.22. The van der Waals surface area contributed by atoms with Gasteiger partial charge in [-0.15, -0.1) is 10.2 Å². The standard InChI is InChI=1S/C24H25ClN4O4S/c1-16(25)15-34-24-28-27-22(29(24)18-7-9-19(31-2)10-8-18)14-26-23(30)12-6-17-5-11-20(32-3)21(13-17)33-4/h5-13H,1,14-15H2,2-4H3,(H,26,30). The monoisotopic (exact) mass is 500 g/mol. The van der Waals surface area contributed by atoms with Crippen molar-refractivity contribution >= 4 is 35.3 Å². The van der Waals surface area contributed by atoms with E-state index in [9.17, 15) is 4.79 Å². The summed E-state index contributed by atoms with van der Waals surface area (Å²) in [5.74, 6) is 2.71. The van der Waals surface area contributed by atoms with Crippen LogP contribution in [0.4, 0.5) is 0 Å². The van der Waals surface area contributed by atoms with E-state index in [1.54, 1.807) is 39.5 Å². The van der Waals surface area contributed by atoms with E-state index in [1.165, 1.54) is 17.8 Å². The molecule has 0 atom stereocenters. The van der Waals surface area contributed by atoms with E-state index in [2.05, 4.69) is 22.1 Å². The number of nitrogens with zero attached hydrogens (tertiary/aromatic N) is 3. The highest BCUT2D eigenvalue weighted by Crippen LogP contribution is 2.28. The average molecular weight is 501 g/mol. The number of amides is 1. The third-order valence-electron chi connectivity index (χ3n) is 4.64. The lowest BCUT2D eigenvalue weighted by Gasteiger charge is -2.11. The third-order valence-corrected chi connectivity index (χ3v) is 5.95. The lowest BCUT2D eigenvalue weighted by atomic mass is 10.2. The van der Waals surface area contributed by atoms with Gasteiger partial charge in [0.1, 0.15) is 5.75 Å². The predicted molar refractivity (Wildman–Crippen MR) is 134 cm³/mol. The second kappa shape index (κ2) is 12.2. The van der Waals surface area contributed by atoms with Gasteiger partial charge in [-0.3, -0.25) is 9.36 Å². The number of thioether (sulfide) groups is 1. The van der Waals surface area contributed by atoms with Crippen molar-refractivity contribution in [2.45, 2.75) is 11.7 Å². The van der Waals surface area contributed by atoms with Gasteiger partial charge in [-0.2, -0.15) is 0 Å². The van der Waals surface area contributed by atoms with Crippen molar-refractivity contribution in [3.05, 3.63) is 71.5 Å². The molecule has 1 N–H and O–H groups in total. The van der Waals surface area contributed by atoms with Gasteiger partial charge in [-0.05, 0) is 48.0 Å². The molecule has 0 aliphatic heterocycles. The highest BCUT2D eigenvalue weighted by Gasteiger charge is 2.15. The zero-order valence-corrected chi connectivity index (χ0v) is 20.7. The van der Waals surface area contributed by atoms with Crippen LogP contribution >= 0.6 is 23.4 Å². The fraction of sp³-hybridized carbons (Fsp3) is 0.208. The molecule has 0 saturated heterocycles. The number of hydrogen-bond acceptors (Lipinski definition) is 7. The van der Waals surface area contributed by atoms with Gasteiger partial charge >= 0.3 is 0 Å². The van der Waals surface area contributed by atoms with Gasteiger partial charge < -0.3 is 19.5 Å². The molecule has 0 unspecified atom stereocenters. The Bertz CT molecular complexity index is 1180. The van der Waals surface area contributed by atoms with Crippen LogP contribution in [0.15, 0.2) is 65.3 Å². The second-order valence-corrected chi connectivity index (χ2v) is 8.38. The van der Waals surface area contributed by atoms with E-state index in [4.69, 9.17) is 25.8 Å². The number of carbonyl (C=O) groups excluding carboxylic acids is 1. The number of nitrogens with one attached hydrogen (secondary N) is 1. The average Bonchev–Trinajstić information content (AvgIpc) is 3.27. The third kappa shape index (κ3) is 6.55. The Labute approximate surface area is 207 Å². The van der Waals surface area contributed by atoms with Crippen LogP contribution in [-0.4, -0.2) is 47.8 Å². The smallest absolute Gasteiger partial charge is 0.244 e. The summed E-state index contributed by atoms with van der Waals surface area (Å²) in [6.45, 7) is 3.90. The van der Waals surface area contributed by atoms with Crippen molar-refractivity contribution in [1.82, 2.24) is 20.1 Å². The van der Waals surface area contributed by atoms with Crippen LogP contribution in [0.1, 0.15) is 11.4 Å². The van der Waals surface area contributed by atoms with Crippen molar-refractivity contribution in [3.8, 4) is 22.9 Å². The van der Waals surface area contributed by atoms with Crippen molar-refractivity contribution in [3.63, 3.8) is 0 Å². The normalized spacial score (nSPS) is 10.8. The summed E-state index contributed by atoms with van der Waals surface area (Å²) in [7, 11) is 4.74. The highest BCUT2D eigenvalue weighted by molar-refractivity contribution is 7.99. The Morgan fingerprint density at radius 3 is 2.47 bits per heavy atom. The molecule has 34 heavy (non-hydrogen) atoms. The van der Waals surface area contributed by atoms with E-state index < -0.39 is 0 Å². The molecule has 1 aromatic heterocycles. The van der Waals surface area contributed by atoms with Crippen LogP contribution in [-0.2, 0) is 11.3 Å². The number of carbonyl (C=O) groups is 1. The number of benzene rings is 2. The maximum Gasteiger partial charge on any atom is 0.244 e. The van der Waals surface area contributed by atoms with Crippen LogP contribution in [0.25, 0.3) is 11.8 Å². The molecule has 0 radical (unpaired) electrons. The first-order chi connectivity index (χ1) is 16.4. The molecule has 0 bridgehead atoms. The fourth-order valence-electron chi connectivity index (χ4n) is 3.00. The van der Waals surface area contributed by atoms with Crippen molar-refractivity contribution < 1.29 is 19.0 Å². The number of ether oxygens (including phenoxy) is 3. The number of halogens is 1. The Kier molecular flexibility index (Phi) is 9.00. The minimum absolute atomic E-state index is 0.177. The molecular weight excluding hydrogens is 476 g/mol. The molecule has 0 saturated carbocycles. The van der Waals surface area contributed by atoms with Crippen LogP contribution in [0.2, 0.25) is 0 Å². The summed E-state index contributed by atoms with van der Waals surface area (Å²) in [4.78, 5) is 12.5. The SMILES string of the molecule is C=C(Cl)CSc1nnc(CNC(=O)C=Cc2ccc(OC)c(OC)c2)n1-c1ccc(OC)cc1. The molecule has 1 heterocycles. The Hall–Kier alpha value is -3.43. The first kappa shape index (κ1) is 25.2. The summed E-state index contributed by atoms with van der Waals surface area (Å²) in [5, 5.41) is 12.5. The number of rotatable bonds is 11. The Morgan fingerprint density at radius 2 is 1.82 bits per heavy atom. The van der Waals surface area contributed by atoms with Crippen molar-refractivity contribution in [1.29, 1.82) is 0 Å². The van der Waals surface area contributed by atoms with E-state index in [0.29, 0.717) is 33.3 Å².